The smallest absolute Gasteiger partial charge is 0.223 e. The molecule has 4 aromatic rings. The molecule has 0 aliphatic rings. The lowest BCUT2D eigenvalue weighted by atomic mass is 10.2. The van der Waals surface area contributed by atoms with E-state index in [-0.39, 0.29) is 5.69 Å². The minimum absolute atomic E-state index is 0.262. The van der Waals surface area contributed by atoms with Gasteiger partial charge in [0, 0.05) is 36.0 Å². The topological polar surface area (TPSA) is 85.9 Å². The highest BCUT2D eigenvalue weighted by atomic mass is 16.5. The van der Waals surface area contributed by atoms with Gasteiger partial charge in [0.25, 0.3) is 0 Å². The van der Waals surface area contributed by atoms with Crippen molar-refractivity contribution in [2.75, 3.05) is 7.11 Å². The molecule has 0 aliphatic heterocycles. The van der Waals surface area contributed by atoms with Crippen molar-refractivity contribution < 1.29 is 9.47 Å². The molecule has 0 amide bonds. The molecule has 3 heterocycles. The Hall–Kier alpha value is -3.92. The highest BCUT2D eigenvalue weighted by Gasteiger charge is 2.12. The molecule has 0 N–H and O–H groups in total. The van der Waals surface area contributed by atoms with Gasteiger partial charge in [-0.05, 0) is 30.7 Å². The molecule has 0 spiro atoms. The van der Waals surface area contributed by atoms with Crippen molar-refractivity contribution in [3.8, 4) is 23.6 Å². The summed E-state index contributed by atoms with van der Waals surface area (Å²) in [6.45, 7) is 2.74. The normalized spacial score (nSPS) is 10.6. The fraction of sp³-hybridized carbons (Fsp3) is 0.143. The number of aromatic nitrogens is 4. The summed E-state index contributed by atoms with van der Waals surface area (Å²) in [7, 11) is 1.60. The second kappa shape index (κ2) is 7.37. The van der Waals surface area contributed by atoms with E-state index >= 15 is 0 Å². The third kappa shape index (κ3) is 3.35. The summed E-state index contributed by atoms with van der Waals surface area (Å²) in [6.07, 6.45) is 3.13. The summed E-state index contributed by atoms with van der Waals surface area (Å²) in [6, 6.07) is 15.3. The molecule has 1 aromatic carbocycles. The Labute approximate surface area is 161 Å². The molecule has 0 saturated heterocycles. The van der Waals surface area contributed by atoms with Gasteiger partial charge in [-0.25, -0.2) is 15.0 Å². The highest BCUT2D eigenvalue weighted by Crippen LogP contribution is 2.32. The first-order chi connectivity index (χ1) is 13.7. The average molecular weight is 371 g/mol. The van der Waals surface area contributed by atoms with E-state index in [9.17, 15) is 0 Å². The molecule has 0 bridgehead atoms. The quantitative estimate of drug-likeness (QED) is 0.530. The summed E-state index contributed by atoms with van der Waals surface area (Å²) in [5, 5.41) is 9.97. The van der Waals surface area contributed by atoms with Crippen molar-refractivity contribution >= 4 is 10.9 Å². The van der Waals surface area contributed by atoms with Crippen molar-refractivity contribution in [2.45, 2.75) is 13.5 Å². The van der Waals surface area contributed by atoms with Gasteiger partial charge < -0.3 is 14.0 Å². The van der Waals surface area contributed by atoms with Crippen molar-refractivity contribution in [1.82, 2.24) is 19.5 Å². The fourth-order valence-electron chi connectivity index (χ4n) is 3.07. The molecule has 0 aliphatic carbocycles. The summed E-state index contributed by atoms with van der Waals surface area (Å²) in [5.41, 5.74) is 3.47. The van der Waals surface area contributed by atoms with Gasteiger partial charge >= 0.3 is 0 Å². The number of benzene rings is 1. The third-order valence-corrected chi connectivity index (χ3v) is 4.43. The number of pyridine rings is 1. The molecular formula is C21H17N5O2. The lowest BCUT2D eigenvalue weighted by Crippen LogP contribution is -2.02. The zero-order valence-electron chi connectivity index (χ0n) is 15.5. The van der Waals surface area contributed by atoms with Crippen LogP contribution in [0.3, 0.4) is 0 Å². The largest absolute Gasteiger partial charge is 0.481 e. The van der Waals surface area contributed by atoms with Crippen LogP contribution in [0.4, 0.5) is 0 Å². The molecule has 138 valence electrons. The van der Waals surface area contributed by atoms with Gasteiger partial charge in [-0.15, -0.1) is 0 Å². The summed E-state index contributed by atoms with van der Waals surface area (Å²) >= 11 is 0. The van der Waals surface area contributed by atoms with Crippen LogP contribution in [0.5, 0.6) is 17.5 Å². The van der Waals surface area contributed by atoms with E-state index in [0.717, 1.165) is 22.2 Å². The van der Waals surface area contributed by atoms with E-state index in [1.807, 2.05) is 42.6 Å². The molecule has 0 saturated carbocycles. The Morgan fingerprint density at radius 3 is 2.71 bits per heavy atom. The Kier molecular flexibility index (Phi) is 4.60. The van der Waals surface area contributed by atoms with E-state index in [1.54, 1.807) is 7.11 Å². The molecule has 0 radical (unpaired) electrons. The summed E-state index contributed by atoms with van der Waals surface area (Å²) in [5.74, 6) is 1.61. The maximum atomic E-state index is 9.00. The maximum absolute atomic E-state index is 9.00. The fourth-order valence-corrected chi connectivity index (χ4v) is 3.07. The van der Waals surface area contributed by atoms with Crippen LogP contribution >= 0.6 is 0 Å². The predicted molar refractivity (Wildman–Crippen MR) is 103 cm³/mol. The van der Waals surface area contributed by atoms with Crippen molar-refractivity contribution in [1.29, 1.82) is 5.26 Å². The molecular weight excluding hydrogens is 354 g/mol. The zero-order valence-corrected chi connectivity index (χ0v) is 15.5. The first-order valence-corrected chi connectivity index (χ1v) is 8.65. The van der Waals surface area contributed by atoms with Crippen LogP contribution in [-0.2, 0) is 6.54 Å². The predicted octanol–water partition coefficient (Wildman–Crippen LogP) is 3.86. The lowest BCUT2D eigenvalue weighted by Gasteiger charge is -2.10. The van der Waals surface area contributed by atoms with Gasteiger partial charge in [0.05, 0.1) is 12.6 Å². The SMILES string of the molecule is COc1ccc(Cn2c(C)cc3c(Oc4cc(C#N)ncn4)cccc32)cn1. The highest BCUT2D eigenvalue weighted by molar-refractivity contribution is 5.87. The number of aryl methyl sites for hydroxylation is 1. The molecule has 4 rings (SSSR count). The molecule has 3 aromatic heterocycles. The van der Waals surface area contributed by atoms with Crippen LogP contribution < -0.4 is 9.47 Å². The first kappa shape index (κ1) is 17.5. The van der Waals surface area contributed by atoms with Crippen LogP contribution in [0.2, 0.25) is 0 Å². The zero-order chi connectivity index (χ0) is 19.5. The minimum atomic E-state index is 0.262. The number of fused-ring (bicyclic) bond motifs is 1. The number of ether oxygens (including phenoxy) is 2. The van der Waals surface area contributed by atoms with Gasteiger partial charge in [-0.2, -0.15) is 5.26 Å². The molecule has 0 unspecified atom stereocenters. The monoisotopic (exact) mass is 371 g/mol. The molecule has 0 atom stereocenters. The third-order valence-electron chi connectivity index (χ3n) is 4.43. The number of hydrogen-bond donors (Lipinski definition) is 0. The minimum Gasteiger partial charge on any atom is -0.481 e. The van der Waals surface area contributed by atoms with Crippen LogP contribution in [0.25, 0.3) is 10.9 Å². The average Bonchev–Trinajstić information content (AvgIpc) is 3.05. The summed E-state index contributed by atoms with van der Waals surface area (Å²) in [4.78, 5) is 12.2. The van der Waals surface area contributed by atoms with Crippen molar-refractivity contribution in [2.24, 2.45) is 0 Å². The lowest BCUT2D eigenvalue weighted by molar-refractivity contribution is 0.397. The molecule has 0 fully saturated rings. The van der Waals surface area contributed by atoms with E-state index in [1.165, 1.54) is 12.4 Å². The van der Waals surface area contributed by atoms with Crippen LogP contribution in [-0.4, -0.2) is 26.6 Å². The standard InChI is InChI=1S/C21H17N5O2/c1-14-8-17-18(26(14)12-15-6-7-20(27-2)23-11-15)4-3-5-19(17)28-21-9-16(10-22)24-13-25-21/h3-9,11,13H,12H2,1-2H3. The van der Waals surface area contributed by atoms with E-state index in [0.29, 0.717) is 24.1 Å². The van der Waals surface area contributed by atoms with Crippen LogP contribution in [0.15, 0.2) is 55.0 Å². The van der Waals surface area contributed by atoms with Gasteiger partial charge in [0.15, 0.2) is 0 Å². The van der Waals surface area contributed by atoms with Crippen LogP contribution in [0.1, 0.15) is 17.0 Å². The van der Waals surface area contributed by atoms with Crippen molar-refractivity contribution in [3.63, 3.8) is 0 Å². The Morgan fingerprint density at radius 1 is 1.07 bits per heavy atom. The Morgan fingerprint density at radius 2 is 1.96 bits per heavy atom. The second-order valence-electron chi connectivity index (χ2n) is 6.22. The Bertz CT molecular complexity index is 1180. The Balaban J connectivity index is 1.69. The number of hydrogen-bond acceptors (Lipinski definition) is 6. The van der Waals surface area contributed by atoms with Crippen molar-refractivity contribution in [3.05, 3.63) is 71.9 Å². The number of rotatable bonds is 5. The summed E-state index contributed by atoms with van der Waals surface area (Å²) < 4.78 is 13.3. The molecule has 7 nitrogen and oxygen atoms in total. The van der Waals surface area contributed by atoms with Gasteiger partial charge in [-0.1, -0.05) is 12.1 Å². The second-order valence-corrected chi connectivity index (χ2v) is 6.22. The van der Waals surface area contributed by atoms with Gasteiger partial charge in [0.1, 0.15) is 23.8 Å². The number of nitrogens with zero attached hydrogens (tertiary/aromatic N) is 5. The molecule has 7 heteroatoms. The molecule has 28 heavy (non-hydrogen) atoms. The van der Waals surface area contributed by atoms with Gasteiger partial charge in [0.2, 0.25) is 11.8 Å². The van der Waals surface area contributed by atoms with E-state index in [4.69, 9.17) is 14.7 Å². The van der Waals surface area contributed by atoms with Crippen LogP contribution in [0, 0.1) is 18.3 Å². The van der Waals surface area contributed by atoms with E-state index in [2.05, 4.69) is 32.5 Å². The number of methoxy groups -OCH3 is 1. The number of nitriles is 1. The van der Waals surface area contributed by atoms with E-state index < -0.39 is 0 Å². The maximum Gasteiger partial charge on any atom is 0.223 e. The first-order valence-electron chi connectivity index (χ1n) is 8.65. The van der Waals surface area contributed by atoms with Gasteiger partial charge in [-0.3, -0.25) is 0 Å².